The zero-order chi connectivity index (χ0) is 11.6. The molecule has 1 rings (SSSR count). The number of hydrogen-bond donors (Lipinski definition) is 0. The average molecular weight is 251 g/mol. The highest BCUT2D eigenvalue weighted by Crippen LogP contribution is 2.34. The molecule has 0 bridgehead atoms. The maximum Gasteiger partial charge on any atom is 0.292 e. The highest BCUT2D eigenvalue weighted by molar-refractivity contribution is 8.04. The lowest BCUT2D eigenvalue weighted by Crippen LogP contribution is -2.31. The van der Waals surface area contributed by atoms with Crippen molar-refractivity contribution >= 4 is 21.9 Å². The van der Waals surface area contributed by atoms with Gasteiger partial charge in [-0.15, -0.1) is 11.8 Å². The van der Waals surface area contributed by atoms with Gasteiger partial charge in [-0.3, -0.25) is 4.18 Å². The van der Waals surface area contributed by atoms with Gasteiger partial charge in [0.2, 0.25) is 0 Å². The number of hydrogen-bond acceptors (Lipinski definition) is 5. The lowest BCUT2D eigenvalue weighted by atomic mass is 10.1. The van der Waals surface area contributed by atoms with Crippen LogP contribution in [-0.2, 0) is 14.3 Å². The van der Waals surface area contributed by atoms with Crippen LogP contribution < -0.4 is 0 Å². The second kappa shape index (κ2) is 4.76. The van der Waals surface area contributed by atoms with Gasteiger partial charge in [-0.1, -0.05) is 13.8 Å². The molecule has 0 aliphatic carbocycles. The van der Waals surface area contributed by atoms with Crippen LogP contribution in [-0.4, -0.2) is 39.3 Å². The second-order valence-electron chi connectivity index (χ2n) is 3.85. The van der Waals surface area contributed by atoms with Crippen molar-refractivity contribution in [2.75, 3.05) is 19.9 Å². The van der Waals surface area contributed by atoms with E-state index in [1.54, 1.807) is 11.8 Å². The summed E-state index contributed by atoms with van der Waals surface area (Å²) in [5.74, 6) is 1.44. The van der Waals surface area contributed by atoms with Crippen LogP contribution in [0.25, 0.3) is 0 Å². The summed E-state index contributed by atoms with van der Waals surface area (Å²) in [5.41, 5.74) is 0. The minimum Gasteiger partial charge on any atom is -0.365 e. The van der Waals surface area contributed by atoms with E-state index in [-0.39, 0.29) is 0 Å². The summed E-state index contributed by atoms with van der Waals surface area (Å²) in [5, 5.41) is 1.95. The van der Waals surface area contributed by atoms with Crippen molar-refractivity contribution in [1.82, 2.24) is 4.90 Å². The maximum absolute atomic E-state index is 11.2. The van der Waals surface area contributed by atoms with Crippen LogP contribution >= 0.6 is 11.8 Å². The molecular formula is C9H17NO3S2. The van der Waals surface area contributed by atoms with E-state index < -0.39 is 10.1 Å². The Hall–Kier alpha value is -0.200. The van der Waals surface area contributed by atoms with Crippen LogP contribution in [0.2, 0.25) is 0 Å². The Balaban J connectivity index is 2.85. The molecule has 15 heavy (non-hydrogen) atoms. The van der Waals surface area contributed by atoms with Crippen molar-refractivity contribution in [1.29, 1.82) is 0 Å². The van der Waals surface area contributed by atoms with Gasteiger partial charge >= 0.3 is 0 Å². The van der Waals surface area contributed by atoms with E-state index in [0.29, 0.717) is 12.0 Å². The first-order valence-electron chi connectivity index (χ1n) is 4.75. The van der Waals surface area contributed by atoms with E-state index in [1.807, 2.05) is 11.9 Å². The highest BCUT2D eigenvalue weighted by Gasteiger charge is 2.29. The molecule has 4 nitrogen and oxygen atoms in total. The van der Waals surface area contributed by atoms with Crippen LogP contribution in [0.3, 0.4) is 0 Å². The van der Waals surface area contributed by atoms with Crippen LogP contribution in [0.4, 0.5) is 0 Å². The van der Waals surface area contributed by atoms with Crippen LogP contribution in [0, 0.1) is 5.92 Å². The van der Waals surface area contributed by atoms with Crippen molar-refractivity contribution in [2.45, 2.75) is 19.9 Å². The van der Waals surface area contributed by atoms with Gasteiger partial charge < -0.3 is 4.90 Å². The van der Waals surface area contributed by atoms with Gasteiger partial charge in [0.1, 0.15) is 0 Å². The van der Waals surface area contributed by atoms with Crippen LogP contribution in [0.15, 0.2) is 10.4 Å². The molecule has 1 aliphatic rings. The van der Waals surface area contributed by atoms with Gasteiger partial charge in [0, 0.05) is 18.8 Å². The Morgan fingerprint density at radius 3 is 2.60 bits per heavy atom. The van der Waals surface area contributed by atoms with Gasteiger partial charge in [0.15, 0.2) is 0 Å². The summed E-state index contributed by atoms with van der Waals surface area (Å²) >= 11 is 1.56. The molecule has 6 heteroatoms. The molecule has 1 saturated heterocycles. The standard InChI is InChI=1S/C9H17NO3S2/c1-7(2)8-5-14-9(10(8)3)6-15(11,12)13-4/h6-8H,5H2,1-4H3/b9-6+/t8-/m1/s1. The van der Waals surface area contributed by atoms with Crippen LogP contribution in [0.5, 0.6) is 0 Å². The number of nitrogens with zero attached hydrogens (tertiary/aromatic N) is 1. The third kappa shape index (κ3) is 3.12. The molecule has 1 fully saturated rings. The third-order valence-electron chi connectivity index (χ3n) is 2.49. The molecule has 0 aromatic rings. The van der Waals surface area contributed by atoms with Crippen molar-refractivity contribution in [3.8, 4) is 0 Å². The first-order valence-corrected chi connectivity index (χ1v) is 7.21. The third-order valence-corrected chi connectivity index (χ3v) is 4.83. The average Bonchev–Trinajstić information content (AvgIpc) is 2.48. The van der Waals surface area contributed by atoms with Crippen molar-refractivity contribution in [3.63, 3.8) is 0 Å². The zero-order valence-electron chi connectivity index (χ0n) is 9.43. The predicted molar refractivity (Wildman–Crippen MR) is 62.9 cm³/mol. The fourth-order valence-corrected chi connectivity index (χ4v) is 3.90. The minimum atomic E-state index is -3.51. The van der Waals surface area contributed by atoms with E-state index in [1.165, 1.54) is 12.5 Å². The summed E-state index contributed by atoms with van der Waals surface area (Å²) < 4.78 is 26.9. The smallest absolute Gasteiger partial charge is 0.292 e. The molecule has 1 atom stereocenters. The fraction of sp³-hybridized carbons (Fsp3) is 0.778. The Kier molecular flexibility index (Phi) is 4.08. The Morgan fingerprint density at radius 2 is 2.20 bits per heavy atom. The quantitative estimate of drug-likeness (QED) is 0.711. The van der Waals surface area contributed by atoms with Crippen molar-refractivity contribution < 1.29 is 12.6 Å². The van der Waals surface area contributed by atoms with Gasteiger partial charge in [-0.25, -0.2) is 0 Å². The Labute approximate surface area is 95.8 Å². The lowest BCUT2D eigenvalue weighted by Gasteiger charge is -2.24. The summed E-state index contributed by atoms with van der Waals surface area (Å²) in [6, 6.07) is 0.397. The minimum absolute atomic E-state index is 0.397. The van der Waals surface area contributed by atoms with Crippen molar-refractivity contribution in [3.05, 3.63) is 10.4 Å². The zero-order valence-corrected chi connectivity index (χ0v) is 11.1. The molecule has 1 aliphatic heterocycles. The fourth-order valence-electron chi connectivity index (χ4n) is 1.48. The highest BCUT2D eigenvalue weighted by atomic mass is 32.2. The van der Waals surface area contributed by atoms with E-state index in [0.717, 1.165) is 10.8 Å². The maximum atomic E-state index is 11.2. The molecular weight excluding hydrogens is 234 g/mol. The largest absolute Gasteiger partial charge is 0.365 e. The monoisotopic (exact) mass is 251 g/mol. The predicted octanol–water partition coefficient (Wildman–Crippen LogP) is 1.46. The molecule has 0 radical (unpaired) electrons. The SMILES string of the molecule is COS(=O)(=O)/C=C1/SC[C@H](C(C)C)N1C. The molecule has 0 aromatic heterocycles. The van der Waals surface area contributed by atoms with Gasteiger partial charge in [0.05, 0.1) is 17.5 Å². The number of rotatable bonds is 3. The van der Waals surface area contributed by atoms with Gasteiger partial charge in [0.25, 0.3) is 10.1 Å². The summed E-state index contributed by atoms with van der Waals surface area (Å²) in [4.78, 5) is 2.01. The Morgan fingerprint density at radius 1 is 1.60 bits per heavy atom. The Bertz CT molecular complexity index is 348. The molecule has 1 heterocycles. The molecule has 0 amide bonds. The topological polar surface area (TPSA) is 46.6 Å². The van der Waals surface area contributed by atoms with Crippen LogP contribution in [0.1, 0.15) is 13.8 Å². The van der Waals surface area contributed by atoms with E-state index in [4.69, 9.17) is 0 Å². The van der Waals surface area contributed by atoms with E-state index in [2.05, 4.69) is 18.0 Å². The first kappa shape index (κ1) is 12.9. The van der Waals surface area contributed by atoms with Crippen molar-refractivity contribution in [2.24, 2.45) is 5.92 Å². The van der Waals surface area contributed by atoms with Gasteiger partial charge in [-0.05, 0) is 5.92 Å². The van der Waals surface area contributed by atoms with Gasteiger partial charge in [-0.2, -0.15) is 8.42 Å². The molecule has 88 valence electrons. The summed E-state index contributed by atoms with van der Waals surface area (Å²) in [7, 11) is -0.419. The second-order valence-corrected chi connectivity index (χ2v) is 6.44. The normalized spacial score (nSPS) is 25.5. The van der Waals surface area contributed by atoms with E-state index >= 15 is 0 Å². The lowest BCUT2D eigenvalue weighted by molar-refractivity contribution is 0.291. The molecule has 0 spiro atoms. The van der Waals surface area contributed by atoms with E-state index in [9.17, 15) is 8.42 Å². The molecule has 0 N–H and O–H groups in total. The summed E-state index contributed by atoms with van der Waals surface area (Å²) in [6.45, 7) is 4.27. The molecule has 0 saturated carbocycles. The molecule has 0 aromatic carbocycles. The summed E-state index contributed by atoms with van der Waals surface area (Å²) in [6.07, 6.45) is 0. The number of thioether (sulfide) groups is 1. The first-order chi connectivity index (χ1) is 6.87. The molecule has 0 unspecified atom stereocenters.